The molecule has 3 nitrogen and oxygen atoms in total. The molecule has 82 valence electrons. The minimum absolute atomic E-state index is 0.00731. The van der Waals surface area contributed by atoms with Crippen LogP contribution in [0.15, 0.2) is 17.0 Å². The van der Waals surface area contributed by atoms with E-state index in [9.17, 15) is 4.79 Å². The molecule has 0 saturated carbocycles. The molecule has 2 N–H and O–H groups in total. The van der Waals surface area contributed by atoms with Gasteiger partial charge in [0.25, 0.3) is 0 Å². The van der Waals surface area contributed by atoms with E-state index < -0.39 is 0 Å². The van der Waals surface area contributed by atoms with Crippen LogP contribution >= 0.6 is 11.8 Å². The van der Waals surface area contributed by atoms with Crippen LogP contribution in [-0.4, -0.2) is 25.7 Å². The van der Waals surface area contributed by atoms with Gasteiger partial charge in [0.2, 0.25) is 0 Å². The molecule has 4 heteroatoms. The second-order valence-electron chi connectivity index (χ2n) is 3.12. The van der Waals surface area contributed by atoms with E-state index in [1.54, 1.807) is 7.11 Å². The van der Waals surface area contributed by atoms with Crippen LogP contribution in [0.2, 0.25) is 0 Å². The SMILES string of the molecule is COc1c(C)ccc(SC)c1C(=O)CN. The van der Waals surface area contributed by atoms with E-state index >= 15 is 0 Å². The number of carbonyl (C=O) groups is 1. The van der Waals surface area contributed by atoms with E-state index in [0.29, 0.717) is 11.3 Å². The third-order valence-electron chi connectivity index (χ3n) is 2.20. The number of rotatable bonds is 4. The number of thioether (sulfide) groups is 1. The summed E-state index contributed by atoms with van der Waals surface area (Å²) in [4.78, 5) is 12.6. The predicted molar refractivity (Wildman–Crippen MR) is 62.9 cm³/mol. The molecule has 0 saturated heterocycles. The molecule has 0 bridgehead atoms. The molecule has 0 heterocycles. The molecule has 15 heavy (non-hydrogen) atoms. The van der Waals surface area contributed by atoms with Crippen LogP contribution in [-0.2, 0) is 0 Å². The molecule has 1 aromatic carbocycles. The monoisotopic (exact) mass is 225 g/mol. The van der Waals surface area contributed by atoms with Crippen molar-refractivity contribution >= 4 is 17.5 Å². The summed E-state index contributed by atoms with van der Waals surface area (Å²) in [7, 11) is 1.57. The summed E-state index contributed by atoms with van der Waals surface area (Å²) < 4.78 is 5.25. The molecule has 0 aromatic heterocycles. The number of hydrogen-bond acceptors (Lipinski definition) is 4. The first-order valence-corrected chi connectivity index (χ1v) is 5.83. The van der Waals surface area contributed by atoms with Crippen molar-refractivity contribution in [1.82, 2.24) is 0 Å². The van der Waals surface area contributed by atoms with Crippen molar-refractivity contribution in [3.8, 4) is 5.75 Å². The zero-order chi connectivity index (χ0) is 11.4. The van der Waals surface area contributed by atoms with Crippen LogP contribution in [0.3, 0.4) is 0 Å². The Morgan fingerprint density at radius 1 is 1.53 bits per heavy atom. The molecule has 0 spiro atoms. The maximum Gasteiger partial charge on any atom is 0.181 e. The minimum atomic E-state index is -0.0834. The van der Waals surface area contributed by atoms with Gasteiger partial charge < -0.3 is 10.5 Å². The molecule has 0 aliphatic rings. The number of carbonyl (C=O) groups excluding carboxylic acids is 1. The lowest BCUT2D eigenvalue weighted by molar-refractivity contribution is 0.0995. The Bertz CT molecular complexity index is 377. The quantitative estimate of drug-likeness (QED) is 0.628. The molecule has 0 aliphatic carbocycles. The van der Waals surface area contributed by atoms with Crippen LogP contribution < -0.4 is 10.5 Å². The zero-order valence-electron chi connectivity index (χ0n) is 9.16. The highest BCUT2D eigenvalue weighted by molar-refractivity contribution is 7.98. The number of ether oxygens (including phenoxy) is 1. The van der Waals surface area contributed by atoms with Gasteiger partial charge in [-0.2, -0.15) is 0 Å². The normalized spacial score (nSPS) is 10.1. The molecule has 0 fully saturated rings. The number of benzene rings is 1. The first kappa shape index (κ1) is 12.1. The van der Waals surface area contributed by atoms with E-state index in [4.69, 9.17) is 10.5 Å². The average Bonchev–Trinajstić information content (AvgIpc) is 2.27. The summed E-state index contributed by atoms with van der Waals surface area (Å²) >= 11 is 1.52. The van der Waals surface area contributed by atoms with Gasteiger partial charge in [0, 0.05) is 4.90 Å². The molecular formula is C11H15NO2S. The fraction of sp³-hybridized carbons (Fsp3) is 0.364. The van der Waals surface area contributed by atoms with Gasteiger partial charge in [-0.3, -0.25) is 4.79 Å². The van der Waals surface area contributed by atoms with Crippen LogP contribution in [0.5, 0.6) is 5.75 Å². The van der Waals surface area contributed by atoms with Gasteiger partial charge in [0.05, 0.1) is 19.2 Å². The van der Waals surface area contributed by atoms with E-state index in [-0.39, 0.29) is 12.3 Å². The van der Waals surface area contributed by atoms with Crippen molar-refractivity contribution in [2.45, 2.75) is 11.8 Å². The predicted octanol–water partition coefficient (Wildman–Crippen LogP) is 1.87. The third kappa shape index (κ3) is 2.33. The van der Waals surface area contributed by atoms with E-state index in [1.165, 1.54) is 11.8 Å². The first-order chi connectivity index (χ1) is 7.15. The molecule has 1 aromatic rings. The van der Waals surface area contributed by atoms with Crippen LogP contribution in [0.4, 0.5) is 0 Å². The molecule has 0 amide bonds. The Kier molecular flexibility index (Phi) is 4.17. The number of hydrogen-bond donors (Lipinski definition) is 1. The highest BCUT2D eigenvalue weighted by atomic mass is 32.2. The Hall–Kier alpha value is -1.00. The Balaban J connectivity index is 3.40. The maximum absolute atomic E-state index is 11.7. The van der Waals surface area contributed by atoms with Gasteiger partial charge in [-0.05, 0) is 24.8 Å². The lowest BCUT2D eigenvalue weighted by Gasteiger charge is -2.13. The summed E-state index contributed by atoms with van der Waals surface area (Å²) in [6, 6.07) is 3.86. The lowest BCUT2D eigenvalue weighted by atomic mass is 10.1. The van der Waals surface area contributed by atoms with Crippen molar-refractivity contribution in [2.75, 3.05) is 19.9 Å². The summed E-state index contributed by atoms with van der Waals surface area (Å²) in [5.74, 6) is 0.553. The van der Waals surface area contributed by atoms with Gasteiger partial charge in [0.1, 0.15) is 5.75 Å². The summed E-state index contributed by atoms with van der Waals surface area (Å²) in [6.45, 7) is 1.92. The smallest absolute Gasteiger partial charge is 0.181 e. The van der Waals surface area contributed by atoms with Crippen molar-refractivity contribution < 1.29 is 9.53 Å². The number of Topliss-reactive ketones (excluding diaryl/α,β-unsaturated/α-hetero) is 1. The first-order valence-electron chi connectivity index (χ1n) is 4.60. The summed E-state index contributed by atoms with van der Waals surface area (Å²) in [6.07, 6.45) is 1.93. The zero-order valence-corrected chi connectivity index (χ0v) is 9.98. The van der Waals surface area contributed by atoms with Gasteiger partial charge in [0.15, 0.2) is 5.78 Å². The molecular weight excluding hydrogens is 210 g/mol. The second-order valence-corrected chi connectivity index (χ2v) is 3.97. The third-order valence-corrected chi connectivity index (χ3v) is 2.98. The van der Waals surface area contributed by atoms with Crippen LogP contribution in [0, 0.1) is 6.92 Å². The molecule has 1 rings (SSSR count). The van der Waals surface area contributed by atoms with E-state index in [0.717, 1.165) is 10.5 Å². The van der Waals surface area contributed by atoms with Crippen molar-refractivity contribution in [1.29, 1.82) is 0 Å². The molecule has 0 unspecified atom stereocenters. The molecule has 0 radical (unpaired) electrons. The summed E-state index contributed by atoms with van der Waals surface area (Å²) in [5.41, 5.74) is 6.94. The summed E-state index contributed by atoms with van der Waals surface area (Å²) in [5, 5.41) is 0. The van der Waals surface area contributed by atoms with E-state index in [1.807, 2.05) is 25.3 Å². The van der Waals surface area contributed by atoms with Gasteiger partial charge >= 0.3 is 0 Å². The van der Waals surface area contributed by atoms with Crippen LogP contribution in [0.1, 0.15) is 15.9 Å². The van der Waals surface area contributed by atoms with Gasteiger partial charge in [-0.15, -0.1) is 11.8 Å². The Morgan fingerprint density at radius 2 is 2.20 bits per heavy atom. The molecule has 0 atom stereocenters. The Morgan fingerprint density at radius 3 is 2.67 bits per heavy atom. The molecule has 0 aliphatic heterocycles. The number of methoxy groups -OCH3 is 1. The van der Waals surface area contributed by atoms with Gasteiger partial charge in [-0.1, -0.05) is 6.07 Å². The minimum Gasteiger partial charge on any atom is -0.496 e. The number of nitrogens with two attached hydrogens (primary N) is 1. The second kappa shape index (κ2) is 5.19. The van der Waals surface area contributed by atoms with E-state index in [2.05, 4.69) is 0 Å². The lowest BCUT2D eigenvalue weighted by Crippen LogP contribution is -2.16. The highest BCUT2D eigenvalue weighted by Gasteiger charge is 2.17. The topological polar surface area (TPSA) is 52.3 Å². The average molecular weight is 225 g/mol. The maximum atomic E-state index is 11.7. The Labute approximate surface area is 94.0 Å². The highest BCUT2D eigenvalue weighted by Crippen LogP contribution is 2.31. The van der Waals surface area contributed by atoms with Crippen LogP contribution in [0.25, 0.3) is 0 Å². The van der Waals surface area contributed by atoms with Crippen molar-refractivity contribution in [3.63, 3.8) is 0 Å². The largest absolute Gasteiger partial charge is 0.496 e. The van der Waals surface area contributed by atoms with Crippen molar-refractivity contribution in [3.05, 3.63) is 23.3 Å². The standard InChI is InChI=1S/C11H15NO2S/c1-7-4-5-9(15-3)10(8(13)6-12)11(7)14-2/h4-5H,6,12H2,1-3H3. The van der Waals surface area contributed by atoms with Gasteiger partial charge in [-0.25, -0.2) is 0 Å². The fourth-order valence-electron chi connectivity index (χ4n) is 1.47. The fourth-order valence-corrected chi connectivity index (χ4v) is 2.08. The number of aryl methyl sites for hydroxylation is 1. The van der Waals surface area contributed by atoms with Crippen molar-refractivity contribution in [2.24, 2.45) is 5.73 Å². The number of ketones is 1.